The fourth-order valence-corrected chi connectivity index (χ4v) is 2.21. The predicted molar refractivity (Wildman–Crippen MR) is 61.8 cm³/mol. The molecule has 0 aliphatic carbocycles. The standard InChI is InChI=1S/C11H11NO3S/c1-2-15-11(14)7-3-4-9-8(5-7)12-10(13)6-16-9/h3-5H,2,6H2,1H3,(H,12,13). The van der Waals surface area contributed by atoms with Crippen molar-refractivity contribution in [2.45, 2.75) is 11.8 Å². The first-order valence-electron chi connectivity index (χ1n) is 4.94. The molecule has 1 aromatic carbocycles. The summed E-state index contributed by atoms with van der Waals surface area (Å²) in [7, 11) is 0. The Bertz CT molecular complexity index is 445. The number of carbonyl (C=O) groups is 2. The van der Waals surface area contributed by atoms with Gasteiger partial charge in [0.1, 0.15) is 0 Å². The molecular formula is C11H11NO3S. The van der Waals surface area contributed by atoms with Gasteiger partial charge in [0.15, 0.2) is 0 Å². The Labute approximate surface area is 97.4 Å². The minimum atomic E-state index is -0.366. The van der Waals surface area contributed by atoms with E-state index in [-0.39, 0.29) is 11.9 Å². The number of benzene rings is 1. The van der Waals surface area contributed by atoms with Gasteiger partial charge in [-0.1, -0.05) is 0 Å². The highest BCUT2D eigenvalue weighted by Gasteiger charge is 2.17. The van der Waals surface area contributed by atoms with E-state index in [9.17, 15) is 9.59 Å². The van der Waals surface area contributed by atoms with E-state index < -0.39 is 0 Å². The van der Waals surface area contributed by atoms with Crippen LogP contribution < -0.4 is 5.32 Å². The third-order valence-electron chi connectivity index (χ3n) is 2.12. The van der Waals surface area contributed by atoms with Crippen molar-refractivity contribution in [1.29, 1.82) is 0 Å². The van der Waals surface area contributed by atoms with Crippen LogP contribution in [0.15, 0.2) is 23.1 Å². The van der Waals surface area contributed by atoms with E-state index >= 15 is 0 Å². The van der Waals surface area contributed by atoms with E-state index in [0.29, 0.717) is 23.6 Å². The zero-order valence-electron chi connectivity index (χ0n) is 8.78. The fourth-order valence-electron chi connectivity index (χ4n) is 1.42. The first kappa shape index (κ1) is 11.0. The highest BCUT2D eigenvalue weighted by molar-refractivity contribution is 8.00. The number of amides is 1. The minimum Gasteiger partial charge on any atom is -0.462 e. The molecule has 16 heavy (non-hydrogen) atoms. The van der Waals surface area contributed by atoms with Crippen LogP contribution in [0.25, 0.3) is 0 Å². The zero-order valence-corrected chi connectivity index (χ0v) is 9.60. The van der Waals surface area contributed by atoms with Crippen molar-refractivity contribution < 1.29 is 14.3 Å². The number of carbonyl (C=O) groups excluding carboxylic acids is 2. The molecule has 5 heteroatoms. The topological polar surface area (TPSA) is 55.4 Å². The number of thioether (sulfide) groups is 1. The van der Waals surface area contributed by atoms with Gasteiger partial charge in [-0.15, -0.1) is 11.8 Å². The van der Waals surface area contributed by atoms with Crippen LogP contribution in [0.2, 0.25) is 0 Å². The lowest BCUT2D eigenvalue weighted by Crippen LogP contribution is -2.19. The van der Waals surface area contributed by atoms with E-state index in [0.717, 1.165) is 4.90 Å². The SMILES string of the molecule is CCOC(=O)c1ccc2c(c1)NC(=O)CS2. The molecule has 4 nitrogen and oxygen atoms in total. The van der Waals surface area contributed by atoms with Crippen molar-refractivity contribution in [1.82, 2.24) is 0 Å². The number of rotatable bonds is 2. The monoisotopic (exact) mass is 237 g/mol. The van der Waals surface area contributed by atoms with E-state index in [4.69, 9.17) is 4.74 Å². The highest BCUT2D eigenvalue weighted by Crippen LogP contribution is 2.32. The maximum atomic E-state index is 11.5. The quantitative estimate of drug-likeness (QED) is 0.798. The normalized spacial score (nSPS) is 13.9. The summed E-state index contributed by atoms with van der Waals surface area (Å²) < 4.78 is 4.89. The summed E-state index contributed by atoms with van der Waals surface area (Å²) in [5.74, 6) is 0.0137. The Morgan fingerprint density at radius 3 is 3.12 bits per heavy atom. The number of ether oxygens (including phenoxy) is 1. The zero-order chi connectivity index (χ0) is 11.5. The molecule has 1 aromatic rings. The number of fused-ring (bicyclic) bond motifs is 1. The van der Waals surface area contributed by atoms with Crippen LogP contribution in [0.3, 0.4) is 0 Å². The number of hydrogen-bond acceptors (Lipinski definition) is 4. The number of hydrogen-bond donors (Lipinski definition) is 1. The molecule has 0 saturated carbocycles. The summed E-state index contributed by atoms with van der Waals surface area (Å²) in [4.78, 5) is 23.6. The highest BCUT2D eigenvalue weighted by atomic mass is 32.2. The third kappa shape index (κ3) is 2.19. The van der Waals surface area contributed by atoms with Gasteiger partial charge < -0.3 is 10.1 Å². The average Bonchev–Trinajstić information content (AvgIpc) is 2.28. The van der Waals surface area contributed by atoms with E-state index in [1.165, 1.54) is 11.8 Å². The molecule has 0 spiro atoms. The van der Waals surface area contributed by atoms with Crippen LogP contribution in [0, 0.1) is 0 Å². The molecule has 1 aliphatic heterocycles. The van der Waals surface area contributed by atoms with Crippen molar-refractivity contribution in [3.05, 3.63) is 23.8 Å². The first-order valence-corrected chi connectivity index (χ1v) is 5.93. The fraction of sp³-hybridized carbons (Fsp3) is 0.273. The van der Waals surface area contributed by atoms with Crippen LogP contribution >= 0.6 is 11.8 Å². The molecule has 1 N–H and O–H groups in total. The second-order valence-electron chi connectivity index (χ2n) is 3.27. The number of anilines is 1. The lowest BCUT2D eigenvalue weighted by Gasteiger charge is -2.16. The van der Waals surface area contributed by atoms with Crippen molar-refractivity contribution in [2.24, 2.45) is 0 Å². The van der Waals surface area contributed by atoms with Gasteiger partial charge in [0, 0.05) is 4.90 Å². The van der Waals surface area contributed by atoms with Gasteiger partial charge in [-0.2, -0.15) is 0 Å². The lowest BCUT2D eigenvalue weighted by molar-refractivity contribution is -0.113. The van der Waals surface area contributed by atoms with Gasteiger partial charge in [-0.05, 0) is 25.1 Å². The van der Waals surface area contributed by atoms with Crippen LogP contribution in [-0.2, 0) is 9.53 Å². The Balaban J connectivity index is 2.27. The van der Waals surface area contributed by atoms with Crippen LogP contribution in [-0.4, -0.2) is 24.2 Å². The van der Waals surface area contributed by atoms with Gasteiger partial charge in [0.25, 0.3) is 0 Å². The molecule has 0 fully saturated rings. The molecule has 2 rings (SSSR count). The van der Waals surface area contributed by atoms with E-state index in [1.54, 1.807) is 19.1 Å². The Kier molecular flexibility index (Phi) is 3.14. The van der Waals surface area contributed by atoms with Crippen LogP contribution in [0.1, 0.15) is 17.3 Å². The Hall–Kier alpha value is -1.49. The van der Waals surface area contributed by atoms with Gasteiger partial charge >= 0.3 is 5.97 Å². The van der Waals surface area contributed by atoms with E-state index in [1.807, 2.05) is 6.07 Å². The second-order valence-corrected chi connectivity index (χ2v) is 4.29. The Morgan fingerprint density at radius 1 is 1.56 bits per heavy atom. The summed E-state index contributed by atoms with van der Waals surface area (Å²) in [6.45, 7) is 2.10. The maximum Gasteiger partial charge on any atom is 0.338 e. The van der Waals surface area contributed by atoms with Gasteiger partial charge in [0.2, 0.25) is 5.91 Å². The smallest absolute Gasteiger partial charge is 0.338 e. The third-order valence-corrected chi connectivity index (χ3v) is 3.20. The molecule has 0 bridgehead atoms. The predicted octanol–water partition coefficient (Wildman–Crippen LogP) is 1.91. The second kappa shape index (κ2) is 4.57. The van der Waals surface area contributed by atoms with Crippen molar-refractivity contribution >= 4 is 29.3 Å². The molecule has 0 aromatic heterocycles. The average molecular weight is 237 g/mol. The summed E-state index contributed by atoms with van der Waals surface area (Å²) in [5.41, 5.74) is 1.15. The molecule has 84 valence electrons. The molecule has 0 unspecified atom stereocenters. The molecule has 0 atom stereocenters. The summed E-state index contributed by atoms with van der Waals surface area (Å²) in [6, 6.07) is 5.18. The molecular weight excluding hydrogens is 226 g/mol. The van der Waals surface area contributed by atoms with Crippen LogP contribution in [0.4, 0.5) is 5.69 Å². The maximum absolute atomic E-state index is 11.5. The molecule has 1 heterocycles. The summed E-state index contributed by atoms with van der Waals surface area (Å²) >= 11 is 1.47. The number of esters is 1. The van der Waals surface area contributed by atoms with Gasteiger partial charge in [-0.25, -0.2) is 4.79 Å². The molecule has 0 radical (unpaired) electrons. The molecule has 1 aliphatic rings. The lowest BCUT2D eigenvalue weighted by atomic mass is 10.2. The Morgan fingerprint density at radius 2 is 2.38 bits per heavy atom. The van der Waals surface area contributed by atoms with Crippen molar-refractivity contribution in [3.63, 3.8) is 0 Å². The van der Waals surface area contributed by atoms with Crippen molar-refractivity contribution in [2.75, 3.05) is 17.7 Å². The number of nitrogens with one attached hydrogen (secondary N) is 1. The minimum absolute atomic E-state index is 0.0430. The van der Waals surface area contributed by atoms with Crippen LogP contribution in [0.5, 0.6) is 0 Å². The largest absolute Gasteiger partial charge is 0.462 e. The van der Waals surface area contributed by atoms with E-state index in [2.05, 4.69) is 5.32 Å². The summed E-state index contributed by atoms with van der Waals surface area (Å²) in [6.07, 6.45) is 0. The van der Waals surface area contributed by atoms with Gasteiger partial charge in [-0.3, -0.25) is 4.79 Å². The summed E-state index contributed by atoms with van der Waals surface area (Å²) in [5, 5.41) is 2.73. The molecule has 0 saturated heterocycles. The first-order chi connectivity index (χ1) is 7.70. The van der Waals surface area contributed by atoms with Crippen molar-refractivity contribution in [3.8, 4) is 0 Å². The molecule has 1 amide bonds. The van der Waals surface area contributed by atoms with Gasteiger partial charge in [0.05, 0.1) is 23.6 Å².